The van der Waals surface area contributed by atoms with Gasteiger partial charge in [0.2, 0.25) is 0 Å². The summed E-state index contributed by atoms with van der Waals surface area (Å²) in [6.45, 7) is 4.16. The topological polar surface area (TPSA) is 50.3 Å². The highest BCUT2D eigenvalue weighted by atomic mass is 35.5. The number of likely N-dealkylation sites (N-methyl/N-ethyl adjacent to an activating group) is 1. The molecule has 152 valence electrons. The second-order valence-corrected chi connectivity index (χ2v) is 8.21. The number of hydrogen-bond donors (Lipinski definition) is 1. The van der Waals surface area contributed by atoms with Crippen LogP contribution in [-0.4, -0.2) is 48.2 Å². The second-order valence-electron chi connectivity index (χ2n) is 7.45. The van der Waals surface area contributed by atoms with Crippen molar-refractivity contribution in [1.82, 2.24) is 14.9 Å². The van der Waals surface area contributed by atoms with Crippen LogP contribution in [-0.2, 0) is 6.42 Å². The fraction of sp³-hybridized carbons (Fsp3) is 0.364. The number of ether oxygens (including phenoxy) is 1. The standard InChI is InChI=1S/C22H24Cl2N4O/c1-4-13-5-6-18(29-3)21(24)20(13)17-9-14-11-25-19(23)10-16(14)22(27-17)26-15-7-8-28(2)12-15/h5-6,9-11,15H,4,7-8,12H2,1-3H3,(H,26,27). The van der Waals surface area contributed by atoms with E-state index >= 15 is 0 Å². The molecule has 1 atom stereocenters. The van der Waals surface area contributed by atoms with Crippen LogP contribution in [0.1, 0.15) is 18.9 Å². The summed E-state index contributed by atoms with van der Waals surface area (Å²) in [6.07, 6.45) is 3.70. The molecule has 1 aliphatic heterocycles. The molecule has 3 aromatic rings. The van der Waals surface area contributed by atoms with Crippen molar-refractivity contribution in [3.05, 3.63) is 46.2 Å². The Labute approximate surface area is 181 Å². The van der Waals surface area contributed by atoms with Gasteiger partial charge in [-0.25, -0.2) is 9.97 Å². The van der Waals surface area contributed by atoms with Gasteiger partial charge >= 0.3 is 0 Å². The number of fused-ring (bicyclic) bond motifs is 1. The Balaban J connectivity index is 1.89. The molecule has 1 fully saturated rings. The molecular formula is C22H24Cl2N4O. The summed E-state index contributed by atoms with van der Waals surface area (Å²) in [7, 11) is 3.76. The molecular weight excluding hydrogens is 407 g/mol. The summed E-state index contributed by atoms with van der Waals surface area (Å²) >= 11 is 12.9. The van der Waals surface area contributed by atoms with Crippen molar-refractivity contribution < 1.29 is 4.74 Å². The monoisotopic (exact) mass is 430 g/mol. The van der Waals surface area contributed by atoms with Crippen molar-refractivity contribution in [1.29, 1.82) is 0 Å². The summed E-state index contributed by atoms with van der Waals surface area (Å²) in [4.78, 5) is 11.6. The van der Waals surface area contributed by atoms with Crippen LogP contribution in [0.15, 0.2) is 30.5 Å². The molecule has 0 spiro atoms. The van der Waals surface area contributed by atoms with E-state index < -0.39 is 0 Å². The predicted molar refractivity (Wildman–Crippen MR) is 120 cm³/mol. The van der Waals surface area contributed by atoms with Gasteiger partial charge in [-0.2, -0.15) is 0 Å². The van der Waals surface area contributed by atoms with Crippen LogP contribution in [0.3, 0.4) is 0 Å². The maximum atomic E-state index is 6.72. The van der Waals surface area contributed by atoms with Gasteiger partial charge in [0, 0.05) is 35.1 Å². The number of nitrogens with zero attached hydrogens (tertiary/aromatic N) is 3. The Morgan fingerprint density at radius 2 is 2.10 bits per heavy atom. The van der Waals surface area contributed by atoms with Gasteiger partial charge in [-0.1, -0.05) is 36.2 Å². The smallest absolute Gasteiger partial charge is 0.138 e. The van der Waals surface area contributed by atoms with E-state index in [4.69, 9.17) is 32.9 Å². The molecule has 0 radical (unpaired) electrons. The van der Waals surface area contributed by atoms with E-state index in [1.54, 1.807) is 13.3 Å². The van der Waals surface area contributed by atoms with Crippen molar-refractivity contribution in [3.63, 3.8) is 0 Å². The number of hydrogen-bond acceptors (Lipinski definition) is 5. The van der Waals surface area contributed by atoms with Crippen LogP contribution in [0, 0.1) is 0 Å². The first kappa shape index (κ1) is 20.2. The maximum absolute atomic E-state index is 6.72. The van der Waals surface area contributed by atoms with Gasteiger partial charge in [0.05, 0.1) is 17.8 Å². The van der Waals surface area contributed by atoms with Gasteiger partial charge in [0.1, 0.15) is 16.7 Å². The average molecular weight is 431 g/mol. The van der Waals surface area contributed by atoms with Crippen LogP contribution >= 0.6 is 23.2 Å². The molecule has 5 nitrogen and oxygen atoms in total. The summed E-state index contributed by atoms with van der Waals surface area (Å²) in [6, 6.07) is 8.17. The Morgan fingerprint density at radius 3 is 2.79 bits per heavy atom. The zero-order chi connectivity index (χ0) is 20.5. The third-order valence-electron chi connectivity index (χ3n) is 5.46. The van der Waals surface area contributed by atoms with Gasteiger partial charge < -0.3 is 15.0 Å². The number of anilines is 1. The third kappa shape index (κ3) is 4.00. The first-order valence-electron chi connectivity index (χ1n) is 9.77. The first-order valence-corrected chi connectivity index (χ1v) is 10.5. The number of benzene rings is 1. The molecule has 1 unspecified atom stereocenters. The van der Waals surface area contributed by atoms with E-state index in [1.165, 1.54) is 0 Å². The lowest BCUT2D eigenvalue weighted by Gasteiger charge is -2.18. The lowest BCUT2D eigenvalue weighted by molar-refractivity contribution is 0.414. The quantitative estimate of drug-likeness (QED) is 0.557. The molecule has 0 amide bonds. The molecule has 29 heavy (non-hydrogen) atoms. The number of aryl methyl sites for hydroxylation is 1. The molecule has 0 bridgehead atoms. The largest absolute Gasteiger partial charge is 0.495 e. The minimum absolute atomic E-state index is 0.337. The first-order chi connectivity index (χ1) is 14.0. The van der Waals surface area contributed by atoms with Crippen LogP contribution in [0.25, 0.3) is 22.0 Å². The van der Waals surface area contributed by atoms with Crippen molar-refractivity contribution in [2.45, 2.75) is 25.8 Å². The van der Waals surface area contributed by atoms with Gasteiger partial charge in [-0.05, 0) is 50.2 Å². The van der Waals surface area contributed by atoms with E-state index in [2.05, 4.69) is 29.2 Å². The minimum atomic E-state index is 0.337. The summed E-state index contributed by atoms with van der Waals surface area (Å²) in [5, 5.41) is 6.58. The van der Waals surface area contributed by atoms with Crippen LogP contribution in [0.4, 0.5) is 5.82 Å². The molecule has 1 aromatic carbocycles. The molecule has 1 N–H and O–H groups in total. The molecule has 7 heteroatoms. The van der Waals surface area contributed by atoms with Crippen molar-refractivity contribution in [2.24, 2.45) is 0 Å². The average Bonchev–Trinajstić information content (AvgIpc) is 3.12. The zero-order valence-corrected chi connectivity index (χ0v) is 18.3. The highest BCUT2D eigenvalue weighted by Crippen LogP contribution is 2.39. The molecule has 2 aromatic heterocycles. The predicted octanol–water partition coefficient (Wildman–Crippen LogP) is 5.29. The van der Waals surface area contributed by atoms with Crippen molar-refractivity contribution in [2.75, 3.05) is 32.6 Å². The molecule has 4 rings (SSSR count). The van der Waals surface area contributed by atoms with Crippen LogP contribution in [0.2, 0.25) is 10.2 Å². The van der Waals surface area contributed by atoms with Gasteiger partial charge in [0.25, 0.3) is 0 Å². The lowest BCUT2D eigenvalue weighted by atomic mass is 10.00. The number of nitrogens with one attached hydrogen (secondary N) is 1. The highest BCUT2D eigenvalue weighted by Gasteiger charge is 2.22. The number of aromatic nitrogens is 2. The summed E-state index contributed by atoms with van der Waals surface area (Å²) < 4.78 is 5.45. The Morgan fingerprint density at radius 1 is 1.28 bits per heavy atom. The molecule has 1 saturated heterocycles. The Kier molecular flexibility index (Phi) is 5.81. The van der Waals surface area contributed by atoms with Crippen molar-refractivity contribution >= 4 is 39.8 Å². The fourth-order valence-corrected chi connectivity index (χ4v) is 4.45. The normalized spacial score (nSPS) is 17.1. The van der Waals surface area contributed by atoms with Crippen LogP contribution in [0.5, 0.6) is 5.75 Å². The van der Waals surface area contributed by atoms with E-state index in [0.29, 0.717) is 22.0 Å². The van der Waals surface area contributed by atoms with E-state index in [0.717, 1.165) is 59.3 Å². The molecule has 0 saturated carbocycles. The third-order valence-corrected chi connectivity index (χ3v) is 6.04. The van der Waals surface area contributed by atoms with Crippen molar-refractivity contribution in [3.8, 4) is 17.0 Å². The molecule has 0 aliphatic carbocycles. The SMILES string of the molecule is CCc1ccc(OC)c(Cl)c1-c1cc2cnc(Cl)cc2c(NC2CCN(C)C2)n1. The second kappa shape index (κ2) is 8.34. The van der Waals surface area contributed by atoms with Gasteiger partial charge in [-0.3, -0.25) is 0 Å². The van der Waals surface area contributed by atoms with E-state index in [1.807, 2.05) is 24.3 Å². The molecule has 3 heterocycles. The summed E-state index contributed by atoms with van der Waals surface area (Å²) in [5.41, 5.74) is 2.82. The number of likely N-dealkylation sites (tertiary alicyclic amines) is 1. The van der Waals surface area contributed by atoms with Crippen LogP contribution < -0.4 is 10.1 Å². The Hall–Kier alpha value is -2.08. The maximum Gasteiger partial charge on any atom is 0.138 e. The molecule has 1 aliphatic rings. The Bertz CT molecular complexity index is 1060. The minimum Gasteiger partial charge on any atom is -0.495 e. The van der Waals surface area contributed by atoms with E-state index in [-0.39, 0.29) is 0 Å². The fourth-order valence-electron chi connectivity index (χ4n) is 3.93. The number of halogens is 2. The number of pyridine rings is 2. The number of rotatable bonds is 5. The highest BCUT2D eigenvalue weighted by molar-refractivity contribution is 6.35. The van der Waals surface area contributed by atoms with E-state index in [9.17, 15) is 0 Å². The summed E-state index contributed by atoms with van der Waals surface area (Å²) in [5.74, 6) is 1.45. The lowest BCUT2D eigenvalue weighted by Crippen LogP contribution is -2.24. The van der Waals surface area contributed by atoms with Gasteiger partial charge in [-0.15, -0.1) is 0 Å². The van der Waals surface area contributed by atoms with Gasteiger partial charge in [0.15, 0.2) is 0 Å². The zero-order valence-electron chi connectivity index (χ0n) is 16.8. The number of methoxy groups -OCH3 is 1.